The molecule has 72 valence electrons. The molecule has 0 aromatic rings. The van der Waals surface area contributed by atoms with Crippen LogP contribution in [-0.2, 0) is 9.53 Å². The molecule has 0 amide bonds. The van der Waals surface area contributed by atoms with Crippen molar-refractivity contribution in [3.05, 3.63) is 0 Å². The first kappa shape index (κ1) is 11.7. The van der Waals surface area contributed by atoms with Crippen LogP contribution in [0, 0.1) is 0 Å². The Hall–Kier alpha value is -0.260. The van der Waals surface area contributed by atoms with Crippen LogP contribution in [-0.4, -0.2) is 31.4 Å². The predicted octanol–water partition coefficient (Wildman–Crippen LogP) is 0.136. The number of carbonyl (C=O) groups excluding carboxylic acids is 1. The summed E-state index contributed by atoms with van der Waals surface area (Å²) in [4.78, 5) is 10.8. The van der Waals surface area contributed by atoms with E-state index in [-0.39, 0.29) is 12.5 Å². The van der Waals surface area contributed by atoms with Crippen molar-refractivity contribution in [1.29, 1.82) is 0 Å². The monoisotopic (exact) mass is 192 g/mol. The Balaban J connectivity index is 3.08. The molecule has 0 saturated carbocycles. The van der Waals surface area contributed by atoms with Gasteiger partial charge in [-0.25, -0.2) is 0 Å². The van der Waals surface area contributed by atoms with Gasteiger partial charge in [-0.1, -0.05) is 18.9 Å². The van der Waals surface area contributed by atoms with Gasteiger partial charge in [-0.3, -0.25) is 9.52 Å². The molecule has 0 aliphatic heterocycles. The van der Waals surface area contributed by atoms with E-state index in [0.29, 0.717) is 13.2 Å². The number of ether oxygens (including phenoxy) is 1. The highest BCUT2D eigenvalue weighted by Crippen LogP contribution is 1.94. The SMILES string of the molecule is CCCSNCC(=O)OCCN. The van der Waals surface area contributed by atoms with Crippen LogP contribution in [0.15, 0.2) is 0 Å². The van der Waals surface area contributed by atoms with Crippen LogP contribution >= 0.6 is 11.9 Å². The third-order valence-electron chi connectivity index (χ3n) is 1.01. The molecule has 4 nitrogen and oxygen atoms in total. The Morgan fingerprint density at radius 1 is 1.67 bits per heavy atom. The Morgan fingerprint density at radius 2 is 2.42 bits per heavy atom. The van der Waals surface area contributed by atoms with E-state index in [1.165, 1.54) is 11.9 Å². The van der Waals surface area contributed by atoms with E-state index in [4.69, 9.17) is 10.5 Å². The summed E-state index contributed by atoms with van der Waals surface area (Å²) in [6.07, 6.45) is 1.09. The van der Waals surface area contributed by atoms with E-state index < -0.39 is 0 Å². The van der Waals surface area contributed by atoms with Crippen molar-refractivity contribution < 1.29 is 9.53 Å². The van der Waals surface area contributed by atoms with Crippen LogP contribution < -0.4 is 10.5 Å². The van der Waals surface area contributed by atoms with Crippen molar-refractivity contribution in [2.75, 3.05) is 25.4 Å². The summed E-state index contributed by atoms with van der Waals surface area (Å²) < 4.78 is 7.63. The standard InChI is InChI=1S/C7H16N2O2S/c1-2-5-12-9-6-7(10)11-4-3-8/h9H,2-6,8H2,1H3. The minimum absolute atomic E-state index is 0.246. The van der Waals surface area contributed by atoms with Gasteiger partial charge in [0.2, 0.25) is 0 Å². The van der Waals surface area contributed by atoms with E-state index >= 15 is 0 Å². The van der Waals surface area contributed by atoms with Crippen LogP contribution in [0.1, 0.15) is 13.3 Å². The summed E-state index contributed by atoms with van der Waals surface area (Å²) in [5, 5.41) is 0. The Bertz CT molecular complexity index is 122. The van der Waals surface area contributed by atoms with Crippen molar-refractivity contribution in [3.8, 4) is 0 Å². The zero-order chi connectivity index (χ0) is 9.23. The molecule has 0 atom stereocenters. The molecule has 0 aliphatic rings. The summed E-state index contributed by atoms with van der Waals surface area (Å²) in [6, 6.07) is 0. The molecule has 0 fully saturated rings. The first-order chi connectivity index (χ1) is 5.81. The van der Waals surface area contributed by atoms with Crippen molar-refractivity contribution >= 4 is 17.9 Å². The van der Waals surface area contributed by atoms with Crippen molar-refractivity contribution in [1.82, 2.24) is 4.72 Å². The van der Waals surface area contributed by atoms with Gasteiger partial charge in [0, 0.05) is 12.3 Å². The van der Waals surface area contributed by atoms with Crippen LogP contribution in [0.2, 0.25) is 0 Å². The molecule has 12 heavy (non-hydrogen) atoms. The number of esters is 1. The summed E-state index contributed by atoms with van der Waals surface area (Å²) in [5.74, 6) is 0.758. The summed E-state index contributed by atoms with van der Waals surface area (Å²) in [7, 11) is 0. The smallest absolute Gasteiger partial charge is 0.320 e. The zero-order valence-electron chi connectivity index (χ0n) is 7.34. The van der Waals surface area contributed by atoms with Crippen molar-refractivity contribution in [3.63, 3.8) is 0 Å². The fourth-order valence-electron chi connectivity index (χ4n) is 0.508. The quantitative estimate of drug-likeness (QED) is 0.341. The lowest BCUT2D eigenvalue weighted by Crippen LogP contribution is -2.22. The predicted molar refractivity (Wildman–Crippen MR) is 50.8 cm³/mol. The van der Waals surface area contributed by atoms with Crippen LogP contribution in [0.3, 0.4) is 0 Å². The zero-order valence-corrected chi connectivity index (χ0v) is 8.15. The van der Waals surface area contributed by atoms with E-state index in [1.807, 2.05) is 0 Å². The molecular formula is C7H16N2O2S. The van der Waals surface area contributed by atoms with Gasteiger partial charge in [0.1, 0.15) is 13.2 Å². The highest BCUT2D eigenvalue weighted by molar-refractivity contribution is 7.97. The lowest BCUT2D eigenvalue weighted by molar-refractivity contribution is -0.141. The van der Waals surface area contributed by atoms with Gasteiger partial charge in [-0.05, 0) is 6.42 Å². The highest BCUT2D eigenvalue weighted by Gasteiger charge is 1.99. The second kappa shape index (κ2) is 8.83. The van der Waals surface area contributed by atoms with Crippen LogP contribution in [0.25, 0.3) is 0 Å². The molecule has 0 rings (SSSR count). The number of nitrogens with two attached hydrogens (primary N) is 1. The first-order valence-electron chi connectivity index (χ1n) is 4.01. The average Bonchev–Trinajstić information content (AvgIpc) is 2.09. The maximum Gasteiger partial charge on any atom is 0.320 e. The van der Waals surface area contributed by atoms with E-state index in [9.17, 15) is 4.79 Å². The molecule has 3 N–H and O–H groups in total. The van der Waals surface area contributed by atoms with Gasteiger partial charge >= 0.3 is 5.97 Å². The molecule has 0 spiro atoms. The fraction of sp³-hybridized carbons (Fsp3) is 0.857. The van der Waals surface area contributed by atoms with Gasteiger partial charge in [0.05, 0.1) is 0 Å². The molecule has 0 heterocycles. The van der Waals surface area contributed by atoms with Crippen molar-refractivity contribution in [2.24, 2.45) is 5.73 Å². The molecule has 0 unspecified atom stereocenters. The largest absolute Gasteiger partial charge is 0.463 e. The lowest BCUT2D eigenvalue weighted by atomic mass is 10.6. The highest BCUT2D eigenvalue weighted by atomic mass is 32.2. The molecule has 0 bridgehead atoms. The van der Waals surface area contributed by atoms with E-state index in [1.54, 1.807) is 0 Å². The Labute approximate surface area is 77.4 Å². The normalized spacial score (nSPS) is 9.83. The van der Waals surface area contributed by atoms with Gasteiger partial charge in [-0.15, -0.1) is 0 Å². The maximum atomic E-state index is 10.8. The minimum Gasteiger partial charge on any atom is -0.463 e. The average molecular weight is 192 g/mol. The summed E-state index contributed by atoms with van der Waals surface area (Å²) in [5.41, 5.74) is 5.15. The fourth-order valence-corrected chi connectivity index (χ4v) is 1.08. The second-order valence-electron chi connectivity index (χ2n) is 2.18. The third kappa shape index (κ3) is 7.84. The van der Waals surface area contributed by atoms with E-state index in [0.717, 1.165) is 12.2 Å². The summed E-state index contributed by atoms with van der Waals surface area (Å²) >= 11 is 1.53. The molecule has 0 aromatic heterocycles. The third-order valence-corrected chi connectivity index (χ3v) is 1.97. The van der Waals surface area contributed by atoms with Crippen molar-refractivity contribution in [2.45, 2.75) is 13.3 Å². The molecule has 0 radical (unpaired) electrons. The number of hydrogen-bond acceptors (Lipinski definition) is 5. The first-order valence-corrected chi connectivity index (χ1v) is 5.00. The Morgan fingerprint density at radius 3 is 3.00 bits per heavy atom. The molecule has 0 saturated heterocycles. The number of rotatable bonds is 7. The molecule has 0 aliphatic carbocycles. The Kier molecular flexibility index (Phi) is 8.64. The minimum atomic E-state index is -0.246. The van der Waals surface area contributed by atoms with E-state index in [2.05, 4.69) is 11.6 Å². The van der Waals surface area contributed by atoms with Crippen LogP contribution in [0.5, 0.6) is 0 Å². The number of hydrogen-bond donors (Lipinski definition) is 2. The van der Waals surface area contributed by atoms with Gasteiger partial charge in [0.15, 0.2) is 0 Å². The van der Waals surface area contributed by atoms with Crippen LogP contribution in [0.4, 0.5) is 0 Å². The maximum absolute atomic E-state index is 10.8. The second-order valence-corrected chi connectivity index (χ2v) is 3.16. The topological polar surface area (TPSA) is 64.3 Å². The molecule has 5 heteroatoms. The van der Waals surface area contributed by atoms with Gasteiger partial charge < -0.3 is 10.5 Å². The molecular weight excluding hydrogens is 176 g/mol. The number of carbonyl (C=O) groups is 1. The molecule has 0 aromatic carbocycles. The lowest BCUT2D eigenvalue weighted by Gasteiger charge is -2.03. The summed E-state index contributed by atoms with van der Waals surface area (Å²) in [6.45, 7) is 3.03. The van der Waals surface area contributed by atoms with Gasteiger partial charge in [0.25, 0.3) is 0 Å². The van der Waals surface area contributed by atoms with Gasteiger partial charge in [-0.2, -0.15) is 0 Å². The number of nitrogens with one attached hydrogen (secondary N) is 1.